The van der Waals surface area contributed by atoms with Gasteiger partial charge in [0.1, 0.15) is 0 Å². The van der Waals surface area contributed by atoms with Gasteiger partial charge in [0, 0.05) is 26.9 Å². The monoisotopic (exact) mass is 346 g/mol. The molecule has 23 heavy (non-hydrogen) atoms. The van der Waals surface area contributed by atoms with Crippen molar-refractivity contribution in [1.29, 1.82) is 0 Å². The topological polar surface area (TPSA) is 54.0 Å². The SMILES string of the molecule is C=CC(=O)OC(CCCCCCCCC)[Si](OC)(OC)OCC. The van der Waals surface area contributed by atoms with Crippen molar-refractivity contribution in [3.05, 3.63) is 12.7 Å². The number of ether oxygens (including phenoxy) is 1. The molecule has 0 aromatic heterocycles. The molecule has 0 aliphatic rings. The van der Waals surface area contributed by atoms with Crippen molar-refractivity contribution < 1.29 is 22.8 Å². The fourth-order valence-electron chi connectivity index (χ4n) is 2.54. The second kappa shape index (κ2) is 13.7. The van der Waals surface area contributed by atoms with E-state index in [0.29, 0.717) is 13.0 Å². The van der Waals surface area contributed by atoms with Gasteiger partial charge in [0.25, 0.3) is 0 Å². The summed E-state index contributed by atoms with van der Waals surface area (Å²) >= 11 is 0. The van der Waals surface area contributed by atoms with Crippen molar-refractivity contribution in [1.82, 2.24) is 0 Å². The Morgan fingerprint density at radius 1 is 1.04 bits per heavy atom. The molecule has 1 unspecified atom stereocenters. The number of rotatable bonds is 15. The first kappa shape index (κ1) is 22.3. The largest absolute Gasteiger partial charge is 0.543 e. The van der Waals surface area contributed by atoms with Crippen molar-refractivity contribution in [3.8, 4) is 0 Å². The molecule has 0 rings (SSSR count). The van der Waals surface area contributed by atoms with Crippen LogP contribution in [0.4, 0.5) is 0 Å². The van der Waals surface area contributed by atoms with Crippen molar-refractivity contribution >= 4 is 14.8 Å². The molecule has 0 bridgehead atoms. The molecule has 1 atom stereocenters. The highest BCUT2D eigenvalue weighted by molar-refractivity contribution is 6.62. The Labute approximate surface area is 142 Å². The molecular weight excluding hydrogens is 312 g/mol. The van der Waals surface area contributed by atoms with Gasteiger partial charge in [0.05, 0.1) is 0 Å². The lowest BCUT2D eigenvalue weighted by molar-refractivity contribution is -0.143. The molecular formula is C17H34O5Si. The summed E-state index contributed by atoms with van der Waals surface area (Å²) in [7, 11) is 0.0691. The Kier molecular flexibility index (Phi) is 13.3. The van der Waals surface area contributed by atoms with Crippen LogP contribution in [0.2, 0.25) is 0 Å². The molecule has 6 heteroatoms. The van der Waals surface area contributed by atoms with E-state index in [1.54, 1.807) is 14.2 Å². The highest BCUT2D eigenvalue weighted by Gasteiger charge is 2.50. The first-order chi connectivity index (χ1) is 11.1. The van der Waals surface area contributed by atoms with Crippen LogP contribution in [0.5, 0.6) is 0 Å². The summed E-state index contributed by atoms with van der Waals surface area (Å²) in [6, 6.07) is 0. The Bertz CT molecular complexity index is 318. The fraction of sp³-hybridized carbons (Fsp3) is 0.824. The fourth-order valence-corrected chi connectivity index (χ4v) is 4.88. The minimum absolute atomic E-state index is 0.451. The van der Waals surface area contributed by atoms with E-state index < -0.39 is 20.5 Å². The molecule has 0 aliphatic heterocycles. The van der Waals surface area contributed by atoms with Gasteiger partial charge in [-0.25, -0.2) is 4.79 Å². The minimum atomic E-state index is -3.02. The highest BCUT2D eigenvalue weighted by atomic mass is 28.4. The van der Waals surface area contributed by atoms with Crippen molar-refractivity contribution in [2.45, 2.75) is 70.9 Å². The normalized spacial score (nSPS) is 12.9. The summed E-state index contributed by atoms with van der Waals surface area (Å²) in [4.78, 5) is 11.6. The maximum Gasteiger partial charge on any atom is 0.543 e. The van der Waals surface area contributed by atoms with Crippen molar-refractivity contribution in [2.75, 3.05) is 20.8 Å². The van der Waals surface area contributed by atoms with Gasteiger partial charge in [-0.05, 0) is 19.8 Å². The number of unbranched alkanes of at least 4 members (excludes halogenated alkanes) is 6. The summed E-state index contributed by atoms with van der Waals surface area (Å²) in [6.07, 6.45) is 10.2. The number of carbonyl (C=O) groups excluding carboxylic acids is 1. The molecule has 5 nitrogen and oxygen atoms in total. The smallest absolute Gasteiger partial charge is 0.455 e. The maximum absolute atomic E-state index is 11.6. The van der Waals surface area contributed by atoms with Crippen LogP contribution in [0.1, 0.15) is 65.2 Å². The van der Waals surface area contributed by atoms with Gasteiger partial charge >= 0.3 is 14.8 Å². The number of esters is 1. The lowest BCUT2D eigenvalue weighted by atomic mass is 10.1. The number of carbonyl (C=O) groups is 1. The maximum atomic E-state index is 11.6. The second-order valence-electron chi connectivity index (χ2n) is 5.48. The number of hydrogen-bond donors (Lipinski definition) is 0. The van der Waals surface area contributed by atoms with Gasteiger partial charge in [0.2, 0.25) is 0 Å². The molecule has 0 aliphatic carbocycles. The molecule has 0 radical (unpaired) electrons. The molecule has 0 aromatic rings. The lowest BCUT2D eigenvalue weighted by Crippen LogP contribution is -2.56. The van der Waals surface area contributed by atoms with E-state index >= 15 is 0 Å². The zero-order valence-electron chi connectivity index (χ0n) is 15.3. The zero-order chi connectivity index (χ0) is 17.6. The van der Waals surface area contributed by atoms with Crippen molar-refractivity contribution in [2.24, 2.45) is 0 Å². The molecule has 136 valence electrons. The van der Waals surface area contributed by atoms with Gasteiger partial charge in [-0.15, -0.1) is 0 Å². The molecule has 0 fully saturated rings. The quantitative estimate of drug-likeness (QED) is 0.194. The molecule has 0 N–H and O–H groups in total. The second-order valence-corrected chi connectivity index (χ2v) is 8.44. The predicted octanol–water partition coefficient (Wildman–Crippen LogP) is 4.03. The summed E-state index contributed by atoms with van der Waals surface area (Å²) in [5.74, 6) is -0.469. The molecule has 0 aromatic carbocycles. The van der Waals surface area contributed by atoms with E-state index in [9.17, 15) is 4.79 Å². The van der Waals surface area contributed by atoms with Crippen LogP contribution in [0, 0.1) is 0 Å². The van der Waals surface area contributed by atoms with Gasteiger partial charge < -0.3 is 18.0 Å². The van der Waals surface area contributed by atoms with E-state index in [1.807, 2.05) is 6.92 Å². The van der Waals surface area contributed by atoms with Crippen molar-refractivity contribution in [3.63, 3.8) is 0 Å². The zero-order valence-corrected chi connectivity index (χ0v) is 16.3. The first-order valence-corrected chi connectivity index (χ1v) is 10.5. The Balaban J connectivity index is 4.55. The van der Waals surface area contributed by atoms with E-state index in [-0.39, 0.29) is 0 Å². The standard InChI is InChI=1S/C17H34O5Si/c1-6-9-10-11-12-13-14-15-17(22-16(18)7-2)23(19-4,20-5)21-8-3/h7,17H,2,6,8-15H2,1,3-5H3. The summed E-state index contributed by atoms with van der Waals surface area (Å²) in [5.41, 5.74) is -0.487. The summed E-state index contributed by atoms with van der Waals surface area (Å²) in [6.45, 7) is 7.99. The third kappa shape index (κ3) is 8.65. The van der Waals surface area contributed by atoms with Crippen LogP contribution in [-0.4, -0.2) is 41.3 Å². The van der Waals surface area contributed by atoms with Crippen LogP contribution < -0.4 is 0 Å². The Morgan fingerprint density at radius 2 is 1.61 bits per heavy atom. The van der Waals surface area contributed by atoms with Crippen LogP contribution in [0.15, 0.2) is 12.7 Å². The molecule has 0 heterocycles. The average molecular weight is 347 g/mol. The van der Waals surface area contributed by atoms with Crippen LogP contribution in [0.3, 0.4) is 0 Å². The summed E-state index contributed by atoms with van der Waals surface area (Å²) < 4.78 is 22.3. The Morgan fingerprint density at radius 3 is 2.09 bits per heavy atom. The third-order valence-electron chi connectivity index (χ3n) is 3.80. The lowest BCUT2D eigenvalue weighted by Gasteiger charge is -2.32. The Hall–Kier alpha value is -0.693. The molecule has 0 saturated carbocycles. The van der Waals surface area contributed by atoms with E-state index in [1.165, 1.54) is 32.1 Å². The van der Waals surface area contributed by atoms with E-state index in [0.717, 1.165) is 18.9 Å². The number of hydrogen-bond acceptors (Lipinski definition) is 5. The molecule has 0 spiro atoms. The van der Waals surface area contributed by atoms with Crippen LogP contribution in [0.25, 0.3) is 0 Å². The van der Waals surface area contributed by atoms with Gasteiger partial charge in [-0.3, -0.25) is 0 Å². The van der Waals surface area contributed by atoms with E-state index in [2.05, 4.69) is 13.5 Å². The van der Waals surface area contributed by atoms with Crippen LogP contribution in [-0.2, 0) is 22.8 Å². The van der Waals surface area contributed by atoms with Gasteiger partial charge in [-0.2, -0.15) is 0 Å². The van der Waals surface area contributed by atoms with Crippen LogP contribution >= 0.6 is 0 Å². The molecule has 0 saturated heterocycles. The minimum Gasteiger partial charge on any atom is -0.455 e. The molecule has 0 amide bonds. The average Bonchev–Trinajstić information content (AvgIpc) is 2.57. The van der Waals surface area contributed by atoms with Gasteiger partial charge in [-0.1, -0.05) is 52.0 Å². The van der Waals surface area contributed by atoms with Gasteiger partial charge in [0.15, 0.2) is 5.73 Å². The highest BCUT2D eigenvalue weighted by Crippen LogP contribution is 2.22. The van der Waals surface area contributed by atoms with E-state index in [4.69, 9.17) is 18.0 Å². The third-order valence-corrected chi connectivity index (χ3v) is 6.83. The summed E-state index contributed by atoms with van der Waals surface area (Å²) in [5, 5.41) is 0. The first-order valence-electron chi connectivity index (χ1n) is 8.67. The predicted molar refractivity (Wildman–Crippen MR) is 94.1 cm³/mol.